The lowest BCUT2D eigenvalue weighted by atomic mass is 9.93. The van der Waals surface area contributed by atoms with Gasteiger partial charge >= 0.3 is 0 Å². The molecule has 18 heavy (non-hydrogen) atoms. The minimum Gasteiger partial charge on any atom is -0.354 e. The van der Waals surface area contributed by atoms with Crippen molar-refractivity contribution in [1.29, 1.82) is 0 Å². The van der Waals surface area contributed by atoms with Gasteiger partial charge in [0, 0.05) is 16.8 Å². The first kappa shape index (κ1) is 12.4. The van der Waals surface area contributed by atoms with Crippen LogP contribution in [0.15, 0.2) is 42.5 Å². The summed E-state index contributed by atoms with van der Waals surface area (Å²) in [6.45, 7) is 6.33. The Labute approximate surface area is 107 Å². The second kappa shape index (κ2) is 4.69. The summed E-state index contributed by atoms with van der Waals surface area (Å²) in [6.07, 6.45) is 0. The second-order valence-electron chi connectivity index (χ2n) is 5.36. The highest BCUT2D eigenvalue weighted by molar-refractivity contribution is 6.03. The first-order chi connectivity index (χ1) is 8.47. The lowest BCUT2D eigenvalue weighted by Gasteiger charge is -2.16. The van der Waals surface area contributed by atoms with Crippen LogP contribution in [0.1, 0.15) is 37.0 Å². The van der Waals surface area contributed by atoms with Crippen LogP contribution in [0.3, 0.4) is 0 Å². The van der Waals surface area contributed by atoms with Crippen molar-refractivity contribution in [2.45, 2.75) is 26.2 Å². The van der Waals surface area contributed by atoms with E-state index in [4.69, 9.17) is 0 Å². The summed E-state index contributed by atoms with van der Waals surface area (Å²) < 4.78 is 0. The lowest BCUT2D eigenvalue weighted by molar-refractivity contribution is 0.102. The van der Waals surface area contributed by atoms with E-state index in [0.717, 1.165) is 11.4 Å². The van der Waals surface area contributed by atoms with Gasteiger partial charge < -0.3 is 10.3 Å². The summed E-state index contributed by atoms with van der Waals surface area (Å²) in [5, 5.41) is 2.85. The van der Waals surface area contributed by atoms with E-state index in [9.17, 15) is 4.79 Å². The number of anilines is 1. The largest absolute Gasteiger partial charge is 0.354 e. The average molecular weight is 242 g/mol. The summed E-state index contributed by atoms with van der Waals surface area (Å²) in [6, 6.07) is 13.2. The van der Waals surface area contributed by atoms with Crippen molar-refractivity contribution in [1.82, 2.24) is 4.98 Å². The number of hydrogen-bond acceptors (Lipinski definition) is 1. The number of hydrogen-bond donors (Lipinski definition) is 2. The molecule has 0 aliphatic heterocycles. The molecule has 0 saturated carbocycles. The molecular formula is C15H18N2O. The van der Waals surface area contributed by atoms with Crippen LogP contribution in [0.25, 0.3) is 0 Å². The molecule has 0 spiro atoms. The van der Waals surface area contributed by atoms with Crippen LogP contribution in [0.4, 0.5) is 5.69 Å². The fraction of sp³-hybridized carbons (Fsp3) is 0.267. The van der Waals surface area contributed by atoms with E-state index in [1.165, 1.54) is 0 Å². The molecule has 1 aromatic heterocycles. The summed E-state index contributed by atoms with van der Waals surface area (Å²) in [7, 11) is 0. The van der Waals surface area contributed by atoms with Crippen molar-refractivity contribution in [3.63, 3.8) is 0 Å². The van der Waals surface area contributed by atoms with Crippen LogP contribution in [-0.2, 0) is 5.41 Å². The van der Waals surface area contributed by atoms with Crippen molar-refractivity contribution in [2.75, 3.05) is 5.32 Å². The highest BCUT2D eigenvalue weighted by Gasteiger charge is 2.17. The number of aromatic nitrogens is 1. The normalized spacial score (nSPS) is 11.3. The van der Waals surface area contributed by atoms with E-state index in [0.29, 0.717) is 5.69 Å². The molecule has 0 aliphatic carbocycles. The summed E-state index contributed by atoms with van der Waals surface area (Å²) in [5.74, 6) is -0.114. The van der Waals surface area contributed by atoms with Gasteiger partial charge in [0.15, 0.2) is 0 Å². The predicted molar refractivity (Wildman–Crippen MR) is 73.9 cm³/mol. The monoisotopic (exact) mass is 242 g/mol. The van der Waals surface area contributed by atoms with E-state index < -0.39 is 0 Å². The number of carbonyl (C=O) groups excluding carboxylic acids is 1. The molecule has 3 heteroatoms. The zero-order valence-electron chi connectivity index (χ0n) is 10.9. The van der Waals surface area contributed by atoms with Crippen LogP contribution in [-0.4, -0.2) is 10.9 Å². The van der Waals surface area contributed by atoms with Gasteiger partial charge in [-0.25, -0.2) is 0 Å². The molecule has 0 atom stereocenters. The average Bonchev–Trinajstić information content (AvgIpc) is 2.79. The fourth-order valence-corrected chi connectivity index (χ4v) is 1.68. The van der Waals surface area contributed by atoms with E-state index in [2.05, 4.69) is 31.1 Å². The maximum absolute atomic E-state index is 12.0. The van der Waals surface area contributed by atoms with E-state index in [1.54, 1.807) is 0 Å². The van der Waals surface area contributed by atoms with E-state index >= 15 is 0 Å². The van der Waals surface area contributed by atoms with Gasteiger partial charge in [-0.2, -0.15) is 0 Å². The molecule has 0 unspecified atom stereocenters. The Morgan fingerprint density at radius 2 is 1.72 bits per heavy atom. The predicted octanol–water partition coefficient (Wildman–Crippen LogP) is 3.56. The first-order valence-electron chi connectivity index (χ1n) is 6.03. The molecule has 2 aromatic rings. The van der Waals surface area contributed by atoms with Crippen LogP contribution in [0.5, 0.6) is 0 Å². The summed E-state index contributed by atoms with van der Waals surface area (Å²) in [5.41, 5.74) is 2.46. The minimum absolute atomic E-state index is 0.0191. The lowest BCUT2D eigenvalue weighted by Crippen LogP contribution is -2.15. The topological polar surface area (TPSA) is 44.9 Å². The third-order valence-electron chi connectivity index (χ3n) is 2.77. The fourth-order valence-electron chi connectivity index (χ4n) is 1.68. The molecule has 0 bridgehead atoms. The Balaban J connectivity index is 2.13. The van der Waals surface area contributed by atoms with Crippen LogP contribution in [0, 0.1) is 0 Å². The molecule has 3 nitrogen and oxygen atoms in total. The number of benzene rings is 1. The standard InChI is InChI=1S/C15H18N2O/c1-15(2,3)13-10-9-12(17-13)14(18)16-11-7-5-4-6-8-11/h4-10,17H,1-3H3,(H,16,18). The summed E-state index contributed by atoms with van der Waals surface area (Å²) in [4.78, 5) is 15.2. The molecule has 0 radical (unpaired) electrons. The van der Waals surface area contributed by atoms with Crippen molar-refractivity contribution in [3.8, 4) is 0 Å². The quantitative estimate of drug-likeness (QED) is 0.830. The smallest absolute Gasteiger partial charge is 0.272 e. The third kappa shape index (κ3) is 2.80. The Kier molecular flexibility index (Phi) is 3.24. The van der Waals surface area contributed by atoms with E-state index in [1.807, 2.05) is 42.5 Å². The Morgan fingerprint density at radius 1 is 1.06 bits per heavy atom. The maximum Gasteiger partial charge on any atom is 0.272 e. The number of para-hydroxylation sites is 1. The minimum atomic E-state index is -0.114. The van der Waals surface area contributed by atoms with Crippen molar-refractivity contribution in [2.24, 2.45) is 0 Å². The third-order valence-corrected chi connectivity index (χ3v) is 2.77. The highest BCUT2D eigenvalue weighted by atomic mass is 16.1. The molecule has 1 heterocycles. The van der Waals surface area contributed by atoms with Gasteiger partial charge in [-0.1, -0.05) is 39.0 Å². The number of nitrogens with one attached hydrogen (secondary N) is 2. The Morgan fingerprint density at radius 3 is 2.28 bits per heavy atom. The van der Waals surface area contributed by atoms with Crippen LogP contribution < -0.4 is 5.32 Å². The molecule has 1 amide bonds. The van der Waals surface area contributed by atoms with Crippen LogP contribution in [0.2, 0.25) is 0 Å². The van der Waals surface area contributed by atoms with Gasteiger partial charge in [0.25, 0.3) is 5.91 Å². The number of rotatable bonds is 2. The molecule has 1 aromatic carbocycles. The molecule has 0 aliphatic rings. The van der Waals surface area contributed by atoms with Crippen molar-refractivity contribution in [3.05, 3.63) is 53.9 Å². The molecule has 94 valence electrons. The van der Waals surface area contributed by atoms with E-state index in [-0.39, 0.29) is 11.3 Å². The number of amides is 1. The SMILES string of the molecule is CC(C)(C)c1ccc(C(=O)Nc2ccccc2)[nH]1. The van der Waals surface area contributed by atoms with Crippen LogP contribution >= 0.6 is 0 Å². The molecule has 0 fully saturated rings. The Hall–Kier alpha value is -2.03. The number of carbonyl (C=O) groups is 1. The van der Waals surface area contributed by atoms with Gasteiger partial charge in [-0.3, -0.25) is 4.79 Å². The van der Waals surface area contributed by atoms with Crippen molar-refractivity contribution >= 4 is 11.6 Å². The molecule has 0 saturated heterocycles. The summed E-state index contributed by atoms with van der Waals surface area (Å²) >= 11 is 0. The molecular weight excluding hydrogens is 224 g/mol. The number of aromatic amines is 1. The second-order valence-corrected chi connectivity index (χ2v) is 5.36. The van der Waals surface area contributed by atoms with Gasteiger partial charge in [-0.05, 0) is 24.3 Å². The van der Waals surface area contributed by atoms with Gasteiger partial charge in [0.1, 0.15) is 5.69 Å². The van der Waals surface area contributed by atoms with Gasteiger partial charge in [-0.15, -0.1) is 0 Å². The van der Waals surface area contributed by atoms with Gasteiger partial charge in [0.2, 0.25) is 0 Å². The first-order valence-corrected chi connectivity index (χ1v) is 6.03. The number of H-pyrrole nitrogens is 1. The highest BCUT2D eigenvalue weighted by Crippen LogP contribution is 2.21. The molecule has 2 N–H and O–H groups in total. The zero-order valence-corrected chi connectivity index (χ0v) is 10.9. The maximum atomic E-state index is 12.0. The Bertz CT molecular complexity index is 535. The zero-order chi connectivity index (χ0) is 13.2. The molecule has 2 rings (SSSR count). The van der Waals surface area contributed by atoms with Crippen molar-refractivity contribution < 1.29 is 4.79 Å². The van der Waals surface area contributed by atoms with Gasteiger partial charge in [0.05, 0.1) is 0 Å².